The number of halogens is 1. The molecule has 1 aliphatic rings. The maximum atomic E-state index is 6.52. The topological polar surface area (TPSA) is 15.3 Å². The summed E-state index contributed by atoms with van der Waals surface area (Å²) in [5.74, 6) is 0.738. The SMILES string of the molecule is CC(C)NCc1ccc(N2CCCC(C)C2C)c(Cl)c1. The summed E-state index contributed by atoms with van der Waals surface area (Å²) < 4.78 is 0. The summed E-state index contributed by atoms with van der Waals surface area (Å²) in [6.07, 6.45) is 2.59. The number of nitrogens with one attached hydrogen (secondary N) is 1. The third kappa shape index (κ3) is 3.67. The molecule has 2 unspecified atom stereocenters. The number of piperidine rings is 1. The van der Waals surface area contributed by atoms with Crippen LogP contribution in [-0.2, 0) is 6.54 Å². The van der Waals surface area contributed by atoms with E-state index in [4.69, 9.17) is 11.6 Å². The van der Waals surface area contributed by atoms with Gasteiger partial charge in [-0.25, -0.2) is 0 Å². The van der Waals surface area contributed by atoms with E-state index in [0.29, 0.717) is 12.1 Å². The first-order chi connectivity index (χ1) is 9.49. The molecule has 0 radical (unpaired) electrons. The number of benzene rings is 1. The molecule has 1 heterocycles. The molecule has 112 valence electrons. The fourth-order valence-corrected chi connectivity index (χ4v) is 3.20. The van der Waals surface area contributed by atoms with E-state index in [-0.39, 0.29) is 0 Å². The number of hydrogen-bond donors (Lipinski definition) is 1. The molecule has 0 spiro atoms. The van der Waals surface area contributed by atoms with Crippen molar-refractivity contribution in [1.82, 2.24) is 5.32 Å². The maximum Gasteiger partial charge on any atom is 0.0642 e. The van der Waals surface area contributed by atoms with Crippen molar-refractivity contribution in [1.29, 1.82) is 0 Å². The van der Waals surface area contributed by atoms with Gasteiger partial charge >= 0.3 is 0 Å². The van der Waals surface area contributed by atoms with Crippen LogP contribution in [0.5, 0.6) is 0 Å². The monoisotopic (exact) mass is 294 g/mol. The molecule has 2 atom stereocenters. The average molecular weight is 295 g/mol. The molecule has 1 aromatic carbocycles. The largest absolute Gasteiger partial charge is 0.367 e. The Balaban J connectivity index is 2.12. The normalized spacial score (nSPS) is 23.4. The van der Waals surface area contributed by atoms with Crippen molar-refractivity contribution in [3.8, 4) is 0 Å². The standard InChI is InChI=1S/C17H27ClN2/c1-12(2)19-11-15-7-8-17(16(18)10-15)20-9-5-6-13(3)14(20)4/h7-8,10,12-14,19H,5-6,9,11H2,1-4H3. The van der Waals surface area contributed by atoms with Gasteiger partial charge in [0.1, 0.15) is 0 Å². The van der Waals surface area contributed by atoms with Gasteiger partial charge in [-0.2, -0.15) is 0 Å². The summed E-state index contributed by atoms with van der Waals surface area (Å²) in [7, 11) is 0. The Kier molecular flexibility index (Phi) is 5.34. The zero-order chi connectivity index (χ0) is 14.7. The van der Waals surface area contributed by atoms with Crippen molar-refractivity contribution in [2.75, 3.05) is 11.4 Å². The van der Waals surface area contributed by atoms with Gasteiger partial charge in [-0.3, -0.25) is 0 Å². The molecule has 1 aromatic rings. The van der Waals surface area contributed by atoms with Crippen LogP contribution in [0, 0.1) is 5.92 Å². The van der Waals surface area contributed by atoms with E-state index in [1.807, 2.05) is 0 Å². The van der Waals surface area contributed by atoms with Crippen LogP contribution in [0.4, 0.5) is 5.69 Å². The summed E-state index contributed by atoms with van der Waals surface area (Å²) in [5, 5.41) is 4.31. The van der Waals surface area contributed by atoms with Gasteiger partial charge < -0.3 is 10.2 Å². The van der Waals surface area contributed by atoms with Crippen LogP contribution in [0.25, 0.3) is 0 Å². The van der Waals surface area contributed by atoms with Crippen LogP contribution in [-0.4, -0.2) is 18.6 Å². The molecular weight excluding hydrogens is 268 g/mol. The Morgan fingerprint density at radius 1 is 1.35 bits per heavy atom. The molecule has 1 N–H and O–H groups in total. The van der Waals surface area contributed by atoms with Gasteiger partial charge in [-0.1, -0.05) is 38.4 Å². The number of anilines is 1. The lowest BCUT2D eigenvalue weighted by molar-refractivity contribution is 0.363. The van der Waals surface area contributed by atoms with Crippen LogP contribution in [0.15, 0.2) is 18.2 Å². The lowest BCUT2D eigenvalue weighted by atomic mass is 9.91. The van der Waals surface area contributed by atoms with Gasteiger partial charge in [0.2, 0.25) is 0 Å². The van der Waals surface area contributed by atoms with Crippen molar-refractivity contribution in [3.05, 3.63) is 28.8 Å². The fraction of sp³-hybridized carbons (Fsp3) is 0.647. The molecule has 0 aliphatic carbocycles. The van der Waals surface area contributed by atoms with E-state index in [2.05, 4.69) is 56.1 Å². The highest BCUT2D eigenvalue weighted by atomic mass is 35.5. The van der Waals surface area contributed by atoms with E-state index in [9.17, 15) is 0 Å². The average Bonchev–Trinajstić information content (AvgIpc) is 2.40. The molecule has 3 heteroatoms. The van der Waals surface area contributed by atoms with E-state index in [1.54, 1.807) is 0 Å². The zero-order valence-corrected chi connectivity index (χ0v) is 13.9. The highest BCUT2D eigenvalue weighted by Crippen LogP contribution is 2.33. The summed E-state index contributed by atoms with van der Waals surface area (Å²) >= 11 is 6.52. The number of hydrogen-bond acceptors (Lipinski definition) is 2. The highest BCUT2D eigenvalue weighted by molar-refractivity contribution is 6.33. The minimum atomic E-state index is 0.497. The van der Waals surface area contributed by atoms with Crippen molar-refractivity contribution < 1.29 is 0 Å². The van der Waals surface area contributed by atoms with Gasteiger partial charge in [0, 0.05) is 25.2 Å². The Bertz CT molecular complexity index is 445. The Labute approximate surface area is 128 Å². The first kappa shape index (κ1) is 15.7. The van der Waals surface area contributed by atoms with Gasteiger partial charge in [-0.15, -0.1) is 0 Å². The second-order valence-corrected chi connectivity index (χ2v) is 6.78. The van der Waals surface area contributed by atoms with Gasteiger partial charge in [0.15, 0.2) is 0 Å². The molecule has 2 nitrogen and oxygen atoms in total. The molecule has 0 bridgehead atoms. The number of rotatable bonds is 4. The van der Waals surface area contributed by atoms with Crippen LogP contribution in [0.1, 0.15) is 46.1 Å². The van der Waals surface area contributed by atoms with Crippen molar-refractivity contribution in [2.45, 2.75) is 59.2 Å². The predicted octanol–water partition coefficient (Wildman–Crippen LogP) is 4.46. The minimum Gasteiger partial charge on any atom is -0.367 e. The van der Waals surface area contributed by atoms with Gasteiger partial charge in [-0.05, 0) is 43.4 Å². The lowest BCUT2D eigenvalue weighted by Crippen LogP contribution is -2.42. The fourth-order valence-electron chi connectivity index (χ4n) is 2.89. The lowest BCUT2D eigenvalue weighted by Gasteiger charge is -2.40. The van der Waals surface area contributed by atoms with Gasteiger partial charge in [0.25, 0.3) is 0 Å². The Hall–Kier alpha value is -0.730. The summed E-state index contributed by atoms with van der Waals surface area (Å²) in [5.41, 5.74) is 2.45. The van der Waals surface area contributed by atoms with E-state index in [1.165, 1.54) is 24.1 Å². The van der Waals surface area contributed by atoms with Crippen molar-refractivity contribution >= 4 is 17.3 Å². The van der Waals surface area contributed by atoms with Crippen LogP contribution < -0.4 is 10.2 Å². The van der Waals surface area contributed by atoms with E-state index >= 15 is 0 Å². The molecule has 20 heavy (non-hydrogen) atoms. The number of nitrogens with zero attached hydrogens (tertiary/aromatic N) is 1. The third-order valence-electron chi connectivity index (χ3n) is 4.41. The van der Waals surface area contributed by atoms with Crippen LogP contribution in [0.2, 0.25) is 5.02 Å². The van der Waals surface area contributed by atoms with Crippen LogP contribution >= 0.6 is 11.6 Å². The van der Waals surface area contributed by atoms with Gasteiger partial charge in [0.05, 0.1) is 10.7 Å². The second kappa shape index (κ2) is 6.82. The van der Waals surface area contributed by atoms with E-state index < -0.39 is 0 Å². The first-order valence-electron chi connectivity index (χ1n) is 7.77. The van der Waals surface area contributed by atoms with E-state index in [0.717, 1.165) is 24.0 Å². The summed E-state index contributed by atoms with van der Waals surface area (Å²) in [6, 6.07) is 7.56. The molecule has 1 fully saturated rings. The molecule has 0 amide bonds. The van der Waals surface area contributed by atoms with Crippen LogP contribution in [0.3, 0.4) is 0 Å². The molecule has 1 saturated heterocycles. The van der Waals surface area contributed by atoms with Crippen molar-refractivity contribution in [2.24, 2.45) is 5.92 Å². The molecule has 2 rings (SSSR count). The van der Waals surface area contributed by atoms with Crippen molar-refractivity contribution in [3.63, 3.8) is 0 Å². The quantitative estimate of drug-likeness (QED) is 0.882. The Morgan fingerprint density at radius 3 is 2.75 bits per heavy atom. The first-order valence-corrected chi connectivity index (χ1v) is 8.15. The predicted molar refractivity (Wildman–Crippen MR) is 88.6 cm³/mol. The third-order valence-corrected chi connectivity index (χ3v) is 4.71. The summed E-state index contributed by atoms with van der Waals surface area (Å²) in [4.78, 5) is 2.47. The maximum absolute atomic E-state index is 6.52. The summed E-state index contributed by atoms with van der Waals surface area (Å²) in [6.45, 7) is 11.0. The molecule has 1 aliphatic heterocycles. The second-order valence-electron chi connectivity index (χ2n) is 6.37. The Morgan fingerprint density at radius 2 is 2.10 bits per heavy atom. The smallest absolute Gasteiger partial charge is 0.0642 e. The molecular formula is C17H27ClN2. The molecule has 0 aromatic heterocycles. The minimum absolute atomic E-state index is 0.497. The highest BCUT2D eigenvalue weighted by Gasteiger charge is 2.26. The zero-order valence-electron chi connectivity index (χ0n) is 13.1. The molecule has 0 saturated carbocycles.